The fourth-order valence-electron chi connectivity index (χ4n) is 3.86. The summed E-state index contributed by atoms with van der Waals surface area (Å²) in [5.41, 5.74) is 3.89. The fourth-order valence-corrected chi connectivity index (χ4v) is 3.86. The van der Waals surface area contributed by atoms with Crippen LogP contribution in [-0.2, 0) is 9.59 Å². The van der Waals surface area contributed by atoms with Gasteiger partial charge in [-0.05, 0) is 35.6 Å². The maximum absolute atomic E-state index is 12.3. The molecule has 2 aromatic rings. The van der Waals surface area contributed by atoms with Crippen molar-refractivity contribution in [1.29, 1.82) is 0 Å². The molecule has 0 aromatic heterocycles. The van der Waals surface area contributed by atoms with E-state index in [0.29, 0.717) is 23.6 Å². The van der Waals surface area contributed by atoms with Gasteiger partial charge in [0.25, 0.3) is 5.91 Å². The van der Waals surface area contributed by atoms with E-state index in [4.69, 9.17) is 5.21 Å². The summed E-state index contributed by atoms with van der Waals surface area (Å²) in [6.07, 6.45) is 6.49. The molecule has 0 spiro atoms. The summed E-state index contributed by atoms with van der Waals surface area (Å²) in [5, 5.41) is 12.1. The van der Waals surface area contributed by atoms with E-state index in [2.05, 4.69) is 5.32 Å². The molecule has 2 amide bonds. The molecule has 2 aromatic carbocycles. The van der Waals surface area contributed by atoms with Crippen molar-refractivity contribution in [2.75, 3.05) is 5.32 Å². The van der Waals surface area contributed by atoms with Gasteiger partial charge in [0, 0.05) is 12.1 Å². The van der Waals surface area contributed by atoms with Crippen LogP contribution in [0.2, 0.25) is 0 Å². The summed E-state index contributed by atoms with van der Waals surface area (Å²) in [7, 11) is 0. The average molecular weight is 366 g/mol. The zero-order chi connectivity index (χ0) is 19.1. The molecule has 0 bridgehead atoms. The van der Waals surface area contributed by atoms with Crippen molar-refractivity contribution in [3.05, 3.63) is 65.7 Å². The first-order valence-electron chi connectivity index (χ1n) is 9.56. The smallest absolute Gasteiger partial charge is 0.255 e. The minimum Gasteiger partial charge on any atom is -0.326 e. The highest BCUT2D eigenvalue weighted by Gasteiger charge is 2.23. The normalized spacial score (nSPS) is 15.3. The second-order valence-corrected chi connectivity index (χ2v) is 7.18. The van der Waals surface area contributed by atoms with Gasteiger partial charge in [-0.3, -0.25) is 14.8 Å². The highest BCUT2D eigenvalue weighted by Crippen LogP contribution is 2.29. The Morgan fingerprint density at radius 3 is 2.41 bits per heavy atom. The Morgan fingerprint density at radius 2 is 1.70 bits per heavy atom. The molecule has 5 nitrogen and oxygen atoms in total. The minimum atomic E-state index is -0.647. The highest BCUT2D eigenvalue weighted by atomic mass is 16.5. The summed E-state index contributed by atoms with van der Waals surface area (Å²) in [6, 6.07) is 16.5. The first-order chi connectivity index (χ1) is 13.2. The molecule has 0 aliphatic heterocycles. The number of benzene rings is 2. The van der Waals surface area contributed by atoms with E-state index in [-0.39, 0.29) is 5.91 Å². The second-order valence-electron chi connectivity index (χ2n) is 7.18. The molecule has 1 fully saturated rings. The lowest BCUT2D eigenvalue weighted by molar-refractivity contribution is -0.129. The Bertz CT molecular complexity index is 770. The fraction of sp³-hybridized carbons (Fsp3) is 0.364. The summed E-state index contributed by atoms with van der Waals surface area (Å²) < 4.78 is 0. The van der Waals surface area contributed by atoms with E-state index in [1.807, 2.05) is 48.5 Å². The molecule has 5 heteroatoms. The maximum atomic E-state index is 12.3. The van der Waals surface area contributed by atoms with Crippen molar-refractivity contribution in [1.82, 2.24) is 5.48 Å². The van der Waals surface area contributed by atoms with Crippen molar-refractivity contribution < 1.29 is 14.8 Å². The van der Waals surface area contributed by atoms with E-state index >= 15 is 0 Å². The van der Waals surface area contributed by atoms with E-state index in [9.17, 15) is 9.59 Å². The molecule has 0 saturated heterocycles. The van der Waals surface area contributed by atoms with Crippen LogP contribution >= 0.6 is 0 Å². The number of carbonyl (C=O) groups is 2. The van der Waals surface area contributed by atoms with Gasteiger partial charge in [-0.1, -0.05) is 68.1 Å². The van der Waals surface area contributed by atoms with Crippen LogP contribution < -0.4 is 10.8 Å². The zero-order valence-corrected chi connectivity index (χ0v) is 15.4. The number of hydrogen-bond donors (Lipinski definition) is 3. The number of rotatable bonds is 7. The SMILES string of the molecule is O=C(CCC1CCCC1)Nc1cccc(C(C(=O)NO)c2ccccc2)c1. The third-order valence-electron chi connectivity index (χ3n) is 5.26. The van der Waals surface area contributed by atoms with Crippen LogP contribution in [0.5, 0.6) is 0 Å². The Morgan fingerprint density at radius 1 is 1.00 bits per heavy atom. The third kappa shape index (κ3) is 5.17. The molecular formula is C22H26N2O3. The maximum Gasteiger partial charge on any atom is 0.255 e. The molecule has 1 unspecified atom stereocenters. The number of hydrogen-bond acceptors (Lipinski definition) is 3. The van der Waals surface area contributed by atoms with Crippen LogP contribution in [0.4, 0.5) is 5.69 Å². The van der Waals surface area contributed by atoms with Crippen molar-refractivity contribution in [3.63, 3.8) is 0 Å². The molecule has 142 valence electrons. The zero-order valence-electron chi connectivity index (χ0n) is 15.4. The predicted octanol–water partition coefficient (Wildman–Crippen LogP) is 4.23. The second kappa shape index (κ2) is 9.33. The van der Waals surface area contributed by atoms with Crippen LogP contribution in [-0.4, -0.2) is 17.0 Å². The van der Waals surface area contributed by atoms with Gasteiger partial charge >= 0.3 is 0 Å². The summed E-state index contributed by atoms with van der Waals surface area (Å²) in [6.45, 7) is 0. The lowest BCUT2D eigenvalue weighted by Crippen LogP contribution is -2.27. The van der Waals surface area contributed by atoms with Gasteiger partial charge in [0.15, 0.2) is 0 Å². The van der Waals surface area contributed by atoms with Gasteiger partial charge in [-0.25, -0.2) is 5.48 Å². The third-order valence-corrected chi connectivity index (χ3v) is 5.26. The molecular weight excluding hydrogens is 340 g/mol. The molecule has 0 radical (unpaired) electrons. The van der Waals surface area contributed by atoms with E-state index in [0.717, 1.165) is 12.0 Å². The first-order valence-corrected chi connectivity index (χ1v) is 9.56. The van der Waals surface area contributed by atoms with Gasteiger partial charge in [0.2, 0.25) is 5.91 Å². The number of carbonyl (C=O) groups excluding carboxylic acids is 2. The Kier molecular flexibility index (Phi) is 6.60. The first kappa shape index (κ1) is 19.1. The van der Waals surface area contributed by atoms with Crippen molar-refractivity contribution in [3.8, 4) is 0 Å². The van der Waals surface area contributed by atoms with Crippen LogP contribution in [0.1, 0.15) is 55.6 Å². The van der Waals surface area contributed by atoms with Crippen LogP contribution in [0, 0.1) is 5.92 Å². The predicted molar refractivity (Wildman–Crippen MR) is 104 cm³/mol. The number of nitrogens with one attached hydrogen (secondary N) is 2. The average Bonchev–Trinajstić information content (AvgIpc) is 3.21. The molecule has 27 heavy (non-hydrogen) atoms. The minimum absolute atomic E-state index is 0.00178. The monoisotopic (exact) mass is 366 g/mol. The summed E-state index contributed by atoms with van der Waals surface area (Å²) >= 11 is 0. The van der Waals surface area contributed by atoms with Crippen LogP contribution in [0.3, 0.4) is 0 Å². The molecule has 3 rings (SSSR count). The topological polar surface area (TPSA) is 78.4 Å². The molecule has 3 N–H and O–H groups in total. The van der Waals surface area contributed by atoms with Gasteiger partial charge in [-0.2, -0.15) is 0 Å². The highest BCUT2D eigenvalue weighted by molar-refractivity contribution is 5.91. The number of hydroxylamine groups is 1. The van der Waals surface area contributed by atoms with Crippen molar-refractivity contribution >= 4 is 17.5 Å². The molecule has 1 saturated carbocycles. The summed E-state index contributed by atoms with van der Waals surface area (Å²) in [4.78, 5) is 24.5. The Hall–Kier alpha value is -2.66. The van der Waals surface area contributed by atoms with E-state index in [1.165, 1.54) is 25.7 Å². The largest absolute Gasteiger partial charge is 0.326 e. The summed E-state index contributed by atoms with van der Waals surface area (Å²) in [5.74, 6) is -0.475. The molecule has 1 aliphatic rings. The van der Waals surface area contributed by atoms with Gasteiger partial charge in [0.05, 0.1) is 5.92 Å². The van der Waals surface area contributed by atoms with Gasteiger partial charge in [-0.15, -0.1) is 0 Å². The molecule has 1 atom stereocenters. The number of anilines is 1. The standard InChI is InChI=1S/C22H26N2O3/c25-20(14-13-16-7-4-5-8-16)23-19-12-6-11-18(15-19)21(22(26)24-27)17-9-2-1-3-10-17/h1-3,6,9-12,15-16,21,27H,4-5,7-8,13-14H2,(H,23,25)(H,24,26). The van der Waals surface area contributed by atoms with Crippen molar-refractivity contribution in [2.45, 2.75) is 44.4 Å². The van der Waals surface area contributed by atoms with Crippen molar-refractivity contribution in [2.24, 2.45) is 5.92 Å². The van der Waals surface area contributed by atoms with Gasteiger partial charge < -0.3 is 5.32 Å². The van der Waals surface area contributed by atoms with Crippen LogP contribution in [0.25, 0.3) is 0 Å². The van der Waals surface area contributed by atoms with Gasteiger partial charge in [0.1, 0.15) is 0 Å². The number of amides is 2. The van der Waals surface area contributed by atoms with E-state index in [1.54, 1.807) is 11.5 Å². The Balaban J connectivity index is 1.71. The quantitative estimate of drug-likeness (QED) is 0.507. The van der Waals surface area contributed by atoms with Crippen LogP contribution in [0.15, 0.2) is 54.6 Å². The lowest BCUT2D eigenvalue weighted by Gasteiger charge is -2.17. The lowest BCUT2D eigenvalue weighted by atomic mass is 9.90. The molecule has 0 heterocycles. The molecule has 1 aliphatic carbocycles. The Labute approximate surface area is 159 Å². The van der Waals surface area contributed by atoms with E-state index < -0.39 is 11.8 Å².